The normalized spacial score (nSPS) is 16.1. The number of benzene rings is 1. The van der Waals surface area contributed by atoms with Gasteiger partial charge in [-0.1, -0.05) is 12.1 Å². The van der Waals surface area contributed by atoms with Crippen LogP contribution in [0.2, 0.25) is 0 Å². The molecule has 0 spiro atoms. The maximum atomic E-state index is 5.43. The molecule has 1 fully saturated rings. The molecule has 0 bridgehead atoms. The van der Waals surface area contributed by atoms with E-state index in [1.807, 2.05) is 19.1 Å². The number of ether oxygens (including phenoxy) is 2. The molecule has 30 heavy (non-hydrogen) atoms. The number of aliphatic imine (C=N–C) groups is 1. The molecular formula is C23H41N5O2. The topological polar surface area (TPSA) is 61.4 Å². The molecule has 1 saturated heterocycles. The van der Waals surface area contributed by atoms with E-state index in [9.17, 15) is 0 Å². The first-order valence-corrected chi connectivity index (χ1v) is 11.2. The number of methoxy groups -OCH3 is 1. The number of nitrogens with zero attached hydrogens (tertiary/aromatic N) is 3. The Labute approximate surface area is 182 Å². The van der Waals surface area contributed by atoms with Crippen LogP contribution in [0.5, 0.6) is 5.75 Å². The molecule has 0 unspecified atom stereocenters. The van der Waals surface area contributed by atoms with Crippen molar-refractivity contribution in [2.75, 3.05) is 67.1 Å². The second kappa shape index (κ2) is 14.2. The first-order valence-electron chi connectivity index (χ1n) is 11.2. The molecule has 0 saturated carbocycles. The molecule has 1 aromatic rings. The molecule has 0 aromatic heterocycles. The summed E-state index contributed by atoms with van der Waals surface area (Å²) in [7, 11) is 6.06. The first kappa shape index (κ1) is 24.4. The van der Waals surface area contributed by atoms with Crippen LogP contribution in [0, 0.1) is 0 Å². The highest BCUT2D eigenvalue weighted by atomic mass is 16.5. The zero-order chi connectivity index (χ0) is 21.6. The van der Waals surface area contributed by atoms with Gasteiger partial charge in [-0.15, -0.1) is 0 Å². The number of likely N-dealkylation sites (tertiary alicyclic amines) is 1. The Morgan fingerprint density at radius 1 is 1.13 bits per heavy atom. The molecule has 1 aliphatic rings. The minimum absolute atomic E-state index is 0.638. The quantitative estimate of drug-likeness (QED) is 0.308. The molecule has 7 heteroatoms. The lowest BCUT2D eigenvalue weighted by molar-refractivity contribution is 0.145. The Balaban J connectivity index is 1.79. The van der Waals surface area contributed by atoms with E-state index in [1.165, 1.54) is 25.9 Å². The van der Waals surface area contributed by atoms with Crippen LogP contribution < -0.4 is 15.4 Å². The third-order valence-corrected chi connectivity index (χ3v) is 5.55. The lowest BCUT2D eigenvalue weighted by atomic mass is 10.0. The van der Waals surface area contributed by atoms with E-state index in [1.54, 1.807) is 7.11 Å². The fourth-order valence-corrected chi connectivity index (χ4v) is 3.59. The smallest absolute Gasteiger partial charge is 0.191 e. The summed E-state index contributed by atoms with van der Waals surface area (Å²) in [6.07, 6.45) is 3.47. The lowest BCUT2D eigenvalue weighted by Crippen LogP contribution is -2.46. The molecule has 2 rings (SSSR count). The van der Waals surface area contributed by atoms with Crippen molar-refractivity contribution in [3.05, 3.63) is 29.8 Å². The van der Waals surface area contributed by atoms with Crippen molar-refractivity contribution in [2.24, 2.45) is 4.99 Å². The average Bonchev–Trinajstić information content (AvgIpc) is 2.77. The molecule has 1 aromatic carbocycles. The van der Waals surface area contributed by atoms with Crippen molar-refractivity contribution in [1.82, 2.24) is 20.4 Å². The van der Waals surface area contributed by atoms with Gasteiger partial charge >= 0.3 is 0 Å². The summed E-state index contributed by atoms with van der Waals surface area (Å²) in [5, 5.41) is 6.95. The Morgan fingerprint density at radius 2 is 1.83 bits per heavy atom. The first-order chi connectivity index (χ1) is 14.6. The minimum atomic E-state index is 0.638. The van der Waals surface area contributed by atoms with Gasteiger partial charge in [0.2, 0.25) is 0 Å². The summed E-state index contributed by atoms with van der Waals surface area (Å²) in [6, 6.07) is 8.80. The minimum Gasteiger partial charge on any atom is -0.497 e. The van der Waals surface area contributed by atoms with Gasteiger partial charge in [-0.05, 0) is 71.1 Å². The number of nitrogens with one attached hydrogen (secondary N) is 2. The van der Waals surface area contributed by atoms with Gasteiger partial charge in [0.25, 0.3) is 0 Å². The van der Waals surface area contributed by atoms with E-state index in [2.05, 4.69) is 46.7 Å². The molecule has 1 heterocycles. The number of hydrogen-bond donors (Lipinski definition) is 2. The van der Waals surface area contributed by atoms with E-state index in [4.69, 9.17) is 14.5 Å². The van der Waals surface area contributed by atoms with Gasteiger partial charge in [0.15, 0.2) is 5.96 Å². The highest BCUT2D eigenvalue weighted by Gasteiger charge is 2.19. The molecule has 1 aliphatic heterocycles. The second-order valence-electron chi connectivity index (χ2n) is 7.95. The molecular weight excluding hydrogens is 378 g/mol. The Kier molecular flexibility index (Phi) is 11.6. The van der Waals surface area contributed by atoms with Gasteiger partial charge in [-0.2, -0.15) is 0 Å². The van der Waals surface area contributed by atoms with E-state index in [0.717, 1.165) is 62.6 Å². The molecule has 7 nitrogen and oxygen atoms in total. The van der Waals surface area contributed by atoms with Gasteiger partial charge in [-0.3, -0.25) is 0 Å². The van der Waals surface area contributed by atoms with Crippen LogP contribution in [0.4, 0.5) is 0 Å². The van der Waals surface area contributed by atoms with Crippen molar-refractivity contribution in [1.29, 1.82) is 0 Å². The monoisotopic (exact) mass is 419 g/mol. The standard InChI is InChI=1S/C23H41N5O2/c1-5-30-18-6-13-24-23(26-19-20-7-9-22(29-4)10-8-20)25-14-17-28-15-11-21(12-16-28)27(2)3/h7-10,21H,5-6,11-19H2,1-4H3,(H2,24,25,26). The second-order valence-corrected chi connectivity index (χ2v) is 7.95. The summed E-state index contributed by atoms with van der Waals surface area (Å²) < 4.78 is 10.7. The summed E-state index contributed by atoms with van der Waals surface area (Å²) in [5.41, 5.74) is 1.16. The van der Waals surface area contributed by atoms with E-state index in [-0.39, 0.29) is 0 Å². The molecule has 0 amide bonds. The fourth-order valence-electron chi connectivity index (χ4n) is 3.59. The Hall–Kier alpha value is -1.83. The van der Waals surface area contributed by atoms with Crippen molar-refractivity contribution in [3.8, 4) is 5.75 Å². The molecule has 2 N–H and O–H groups in total. The van der Waals surface area contributed by atoms with Gasteiger partial charge in [0.05, 0.1) is 13.7 Å². The number of rotatable bonds is 12. The van der Waals surface area contributed by atoms with Crippen LogP contribution in [-0.4, -0.2) is 88.9 Å². The van der Waals surface area contributed by atoms with E-state index in [0.29, 0.717) is 6.54 Å². The lowest BCUT2D eigenvalue weighted by Gasteiger charge is -2.35. The predicted molar refractivity (Wildman–Crippen MR) is 124 cm³/mol. The van der Waals surface area contributed by atoms with Gasteiger partial charge < -0.3 is 29.9 Å². The van der Waals surface area contributed by atoms with Crippen LogP contribution in [0.15, 0.2) is 29.3 Å². The molecule has 0 atom stereocenters. The highest BCUT2D eigenvalue weighted by Crippen LogP contribution is 2.13. The third-order valence-electron chi connectivity index (χ3n) is 5.55. The number of piperidine rings is 1. The van der Waals surface area contributed by atoms with Crippen molar-refractivity contribution in [3.63, 3.8) is 0 Å². The number of guanidine groups is 1. The highest BCUT2D eigenvalue weighted by molar-refractivity contribution is 5.79. The number of hydrogen-bond acceptors (Lipinski definition) is 5. The molecule has 0 aliphatic carbocycles. The van der Waals surface area contributed by atoms with Gasteiger partial charge in [0.1, 0.15) is 5.75 Å². The average molecular weight is 420 g/mol. The maximum absolute atomic E-state index is 5.43. The van der Waals surface area contributed by atoms with Crippen molar-refractivity contribution < 1.29 is 9.47 Å². The zero-order valence-electron chi connectivity index (χ0n) is 19.3. The van der Waals surface area contributed by atoms with Crippen LogP contribution in [0.25, 0.3) is 0 Å². The maximum Gasteiger partial charge on any atom is 0.191 e. The SMILES string of the molecule is CCOCCCNC(=NCc1ccc(OC)cc1)NCCN1CCC(N(C)C)CC1. The fraction of sp³-hybridized carbons (Fsp3) is 0.696. The van der Waals surface area contributed by atoms with Crippen LogP contribution in [-0.2, 0) is 11.3 Å². The van der Waals surface area contributed by atoms with Crippen LogP contribution >= 0.6 is 0 Å². The Bertz CT molecular complexity index is 598. The Morgan fingerprint density at radius 3 is 2.47 bits per heavy atom. The van der Waals surface area contributed by atoms with E-state index >= 15 is 0 Å². The summed E-state index contributed by atoms with van der Waals surface area (Å²) in [5.74, 6) is 1.73. The van der Waals surface area contributed by atoms with Gasteiger partial charge in [-0.25, -0.2) is 4.99 Å². The molecule has 0 radical (unpaired) electrons. The van der Waals surface area contributed by atoms with Crippen molar-refractivity contribution in [2.45, 2.75) is 38.8 Å². The van der Waals surface area contributed by atoms with Crippen LogP contribution in [0.1, 0.15) is 31.7 Å². The summed E-state index contributed by atoms with van der Waals surface area (Å²) in [4.78, 5) is 9.67. The third kappa shape index (κ3) is 9.32. The largest absolute Gasteiger partial charge is 0.497 e. The van der Waals surface area contributed by atoms with E-state index < -0.39 is 0 Å². The van der Waals surface area contributed by atoms with Gasteiger partial charge in [0, 0.05) is 38.9 Å². The summed E-state index contributed by atoms with van der Waals surface area (Å²) in [6.45, 7) is 9.33. The van der Waals surface area contributed by atoms with Crippen LogP contribution in [0.3, 0.4) is 0 Å². The molecule has 170 valence electrons. The predicted octanol–water partition coefficient (Wildman–Crippen LogP) is 2.18. The summed E-state index contributed by atoms with van der Waals surface area (Å²) >= 11 is 0. The van der Waals surface area contributed by atoms with Crippen molar-refractivity contribution >= 4 is 5.96 Å². The zero-order valence-corrected chi connectivity index (χ0v) is 19.3.